The first-order valence-electron chi connectivity index (χ1n) is 11.6. The van der Waals surface area contributed by atoms with Crippen LogP contribution < -0.4 is 16.0 Å². The van der Waals surface area contributed by atoms with Gasteiger partial charge in [0.2, 0.25) is 0 Å². The zero-order valence-corrected chi connectivity index (χ0v) is 21.4. The molecule has 0 amide bonds. The highest BCUT2D eigenvalue weighted by Gasteiger charge is 2.20. The summed E-state index contributed by atoms with van der Waals surface area (Å²) in [5.41, 5.74) is 0.340. The Hall–Kier alpha value is -4.05. The maximum Gasteiger partial charge on any atom is 0.332 e. The summed E-state index contributed by atoms with van der Waals surface area (Å²) in [6.07, 6.45) is 4.29. The molecule has 0 aliphatic rings. The summed E-state index contributed by atoms with van der Waals surface area (Å²) in [6.45, 7) is 4.40. The first-order valence-corrected chi connectivity index (χ1v) is 12.0. The molecule has 37 heavy (non-hydrogen) atoms. The lowest BCUT2D eigenvalue weighted by Gasteiger charge is -2.16. The number of aryl methyl sites for hydroxylation is 1. The van der Waals surface area contributed by atoms with Gasteiger partial charge in [0, 0.05) is 36.7 Å². The molecule has 4 rings (SSSR count). The van der Waals surface area contributed by atoms with Gasteiger partial charge in [-0.25, -0.2) is 14.2 Å². The summed E-state index contributed by atoms with van der Waals surface area (Å²) in [4.78, 5) is 44.9. The highest BCUT2D eigenvalue weighted by atomic mass is 35.5. The summed E-state index contributed by atoms with van der Waals surface area (Å²) in [5, 5.41) is 0.734. The monoisotopic (exact) mass is 528 g/mol. The molecule has 0 fully saturated rings. The molecule has 0 aliphatic heterocycles. The van der Waals surface area contributed by atoms with Crippen molar-refractivity contribution in [2.75, 3.05) is 6.61 Å². The van der Waals surface area contributed by atoms with Gasteiger partial charge >= 0.3 is 5.69 Å². The highest BCUT2D eigenvalue weighted by Crippen LogP contribution is 2.30. The Morgan fingerprint density at radius 1 is 1.11 bits per heavy atom. The topological polar surface area (TPSA) is 105 Å². The van der Waals surface area contributed by atoms with E-state index in [1.807, 2.05) is 13.8 Å². The second-order valence-electron chi connectivity index (χ2n) is 7.66. The molecule has 0 atom stereocenters. The SMILES string of the molecule is CC.Cn1c(=O)n(CCCOC=O)c(=O)c2c(Cc3ccc(Cl)cc3)c(Oc3cncc(F)c3)cnc21. The van der Waals surface area contributed by atoms with E-state index < -0.39 is 17.1 Å². The van der Waals surface area contributed by atoms with Crippen LogP contribution in [0.25, 0.3) is 11.0 Å². The lowest BCUT2D eigenvalue weighted by Crippen LogP contribution is -2.40. The molecule has 0 radical (unpaired) electrons. The molecule has 0 aliphatic carbocycles. The number of pyridine rings is 2. The number of nitrogens with zero attached hydrogens (tertiary/aromatic N) is 4. The molecule has 11 heteroatoms. The lowest BCUT2D eigenvalue weighted by molar-refractivity contribution is -0.128. The fourth-order valence-electron chi connectivity index (χ4n) is 3.69. The van der Waals surface area contributed by atoms with Crippen LogP contribution in [0.1, 0.15) is 31.4 Å². The number of fused-ring (bicyclic) bond motifs is 1. The van der Waals surface area contributed by atoms with E-state index >= 15 is 0 Å². The number of hydrogen-bond donors (Lipinski definition) is 0. The summed E-state index contributed by atoms with van der Waals surface area (Å²) >= 11 is 6.02. The number of carbonyl (C=O) groups excluding carboxylic acids is 1. The van der Waals surface area contributed by atoms with Gasteiger partial charge in [-0.3, -0.25) is 23.7 Å². The zero-order valence-electron chi connectivity index (χ0n) is 20.6. The van der Waals surface area contributed by atoms with Crippen LogP contribution in [0.5, 0.6) is 11.5 Å². The Balaban J connectivity index is 0.00000186. The number of halogens is 2. The lowest BCUT2D eigenvalue weighted by atomic mass is 10.0. The first kappa shape index (κ1) is 27.5. The Morgan fingerprint density at radius 2 is 1.84 bits per heavy atom. The molecule has 0 N–H and O–H groups in total. The molecule has 194 valence electrons. The van der Waals surface area contributed by atoms with Crippen molar-refractivity contribution in [3.8, 4) is 11.5 Å². The average Bonchev–Trinajstić information content (AvgIpc) is 2.90. The number of carbonyl (C=O) groups is 1. The van der Waals surface area contributed by atoms with Crippen molar-refractivity contribution < 1.29 is 18.7 Å². The van der Waals surface area contributed by atoms with Crippen molar-refractivity contribution >= 4 is 29.1 Å². The van der Waals surface area contributed by atoms with Crippen LogP contribution in [0, 0.1) is 5.82 Å². The molecular formula is C26H26ClFN4O5. The molecule has 0 bridgehead atoms. The molecule has 4 aromatic rings. The minimum absolute atomic E-state index is 0.0363. The van der Waals surface area contributed by atoms with Crippen LogP contribution in [-0.4, -0.2) is 32.2 Å². The second-order valence-corrected chi connectivity index (χ2v) is 8.10. The minimum Gasteiger partial charge on any atom is -0.468 e. The van der Waals surface area contributed by atoms with Gasteiger partial charge in [-0.15, -0.1) is 0 Å². The van der Waals surface area contributed by atoms with Gasteiger partial charge in [-0.1, -0.05) is 37.6 Å². The zero-order chi connectivity index (χ0) is 26.9. The van der Waals surface area contributed by atoms with Crippen molar-refractivity contribution in [2.24, 2.45) is 7.05 Å². The number of aromatic nitrogens is 4. The Kier molecular flexibility index (Phi) is 9.51. The largest absolute Gasteiger partial charge is 0.468 e. The number of hydrogen-bond acceptors (Lipinski definition) is 7. The van der Waals surface area contributed by atoms with E-state index in [2.05, 4.69) is 14.7 Å². The predicted octanol–water partition coefficient (Wildman–Crippen LogP) is 4.26. The third kappa shape index (κ3) is 6.39. The van der Waals surface area contributed by atoms with Crippen LogP contribution in [0.4, 0.5) is 4.39 Å². The highest BCUT2D eigenvalue weighted by molar-refractivity contribution is 6.30. The molecule has 0 saturated heterocycles. The van der Waals surface area contributed by atoms with Crippen LogP contribution in [0.15, 0.2) is 58.5 Å². The van der Waals surface area contributed by atoms with Gasteiger partial charge in [-0.2, -0.15) is 0 Å². The van der Waals surface area contributed by atoms with E-state index in [-0.39, 0.29) is 48.5 Å². The Labute approximate surface area is 217 Å². The quantitative estimate of drug-likeness (QED) is 0.236. The molecule has 3 heterocycles. The number of ether oxygens (including phenoxy) is 2. The summed E-state index contributed by atoms with van der Waals surface area (Å²) in [5.74, 6) is -0.246. The smallest absolute Gasteiger partial charge is 0.332 e. The predicted molar refractivity (Wildman–Crippen MR) is 138 cm³/mol. The Bertz CT molecular complexity index is 1500. The van der Waals surface area contributed by atoms with Crippen molar-refractivity contribution in [3.63, 3.8) is 0 Å². The van der Waals surface area contributed by atoms with Gasteiger partial charge in [0.1, 0.15) is 23.0 Å². The van der Waals surface area contributed by atoms with Crippen molar-refractivity contribution in [1.82, 2.24) is 19.1 Å². The standard InChI is InChI=1S/C24H20ClFN4O5.C2H6/c1-29-22-21(23(32)30(24(29)33)7-2-8-34-14-31)19(9-15-3-5-16(25)6-4-15)20(13-28-22)35-18-10-17(26)11-27-12-18;1-2/h3-6,10-14H,2,7-9H2,1H3;1-2H3. The van der Waals surface area contributed by atoms with Crippen LogP contribution >= 0.6 is 11.6 Å². The van der Waals surface area contributed by atoms with Gasteiger partial charge in [0.05, 0.1) is 30.6 Å². The van der Waals surface area contributed by atoms with E-state index in [9.17, 15) is 18.8 Å². The van der Waals surface area contributed by atoms with Crippen molar-refractivity contribution in [1.29, 1.82) is 0 Å². The van der Waals surface area contributed by atoms with E-state index in [1.54, 1.807) is 24.3 Å². The van der Waals surface area contributed by atoms with Gasteiger partial charge in [0.25, 0.3) is 12.0 Å². The van der Waals surface area contributed by atoms with Crippen LogP contribution in [0.3, 0.4) is 0 Å². The van der Waals surface area contributed by atoms with Gasteiger partial charge < -0.3 is 9.47 Å². The van der Waals surface area contributed by atoms with Crippen LogP contribution in [-0.2, 0) is 29.5 Å². The first-order chi connectivity index (χ1) is 17.9. The fourth-order valence-corrected chi connectivity index (χ4v) is 3.82. The molecule has 9 nitrogen and oxygen atoms in total. The molecular weight excluding hydrogens is 503 g/mol. The summed E-state index contributed by atoms with van der Waals surface area (Å²) in [6, 6.07) is 8.21. The number of rotatable bonds is 9. The maximum atomic E-state index is 13.7. The van der Waals surface area contributed by atoms with E-state index in [0.29, 0.717) is 17.1 Å². The third-order valence-electron chi connectivity index (χ3n) is 5.34. The summed E-state index contributed by atoms with van der Waals surface area (Å²) < 4.78 is 26.6. The van der Waals surface area contributed by atoms with E-state index in [4.69, 9.17) is 16.3 Å². The number of benzene rings is 1. The van der Waals surface area contributed by atoms with Gasteiger partial charge in [-0.05, 0) is 24.1 Å². The second kappa shape index (κ2) is 12.8. The van der Waals surface area contributed by atoms with Crippen LogP contribution in [0.2, 0.25) is 5.02 Å². The molecule has 0 saturated carbocycles. The van der Waals surface area contributed by atoms with Crippen molar-refractivity contribution in [3.05, 3.63) is 91.7 Å². The van der Waals surface area contributed by atoms with Crippen molar-refractivity contribution in [2.45, 2.75) is 33.2 Å². The van der Waals surface area contributed by atoms with E-state index in [0.717, 1.165) is 22.4 Å². The average molecular weight is 529 g/mol. The summed E-state index contributed by atoms with van der Waals surface area (Å²) in [7, 11) is 1.51. The minimum atomic E-state index is -0.585. The molecule has 0 spiro atoms. The maximum absolute atomic E-state index is 13.7. The molecule has 0 unspecified atom stereocenters. The van der Waals surface area contributed by atoms with E-state index in [1.165, 1.54) is 24.0 Å². The third-order valence-corrected chi connectivity index (χ3v) is 5.59. The molecule has 1 aromatic carbocycles. The molecule has 3 aromatic heterocycles. The normalized spacial score (nSPS) is 10.5. The fraction of sp³-hybridized carbons (Fsp3) is 0.269. The van der Waals surface area contributed by atoms with Gasteiger partial charge in [0.15, 0.2) is 0 Å². The Morgan fingerprint density at radius 3 is 2.51 bits per heavy atom.